The molecule has 0 aliphatic carbocycles. The van der Waals surface area contributed by atoms with Gasteiger partial charge in [0.15, 0.2) is 0 Å². The minimum atomic E-state index is -0.439. The fourth-order valence-electron chi connectivity index (χ4n) is 3.74. The summed E-state index contributed by atoms with van der Waals surface area (Å²) >= 11 is 0. The summed E-state index contributed by atoms with van der Waals surface area (Å²) in [5.74, 6) is 1.62. The first kappa shape index (κ1) is 19.0. The Balaban J connectivity index is 1.59. The number of rotatable bonds is 6. The molecule has 5 nitrogen and oxygen atoms in total. The van der Waals surface area contributed by atoms with E-state index in [0.717, 1.165) is 22.4 Å². The van der Waals surface area contributed by atoms with Crippen molar-refractivity contribution in [3.63, 3.8) is 0 Å². The Morgan fingerprint density at radius 3 is 2.14 bits per heavy atom. The van der Waals surface area contributed by atoms with E-state index in [2.05, 4.69) is 5.32 Å². The lowest BCUT2D eigenvalue weighted by molar-refractivity contribution is -0.122. The summed E-state index contributed by atoms with van der Waals surface area (Å²) in [5, 5.41) is 3.06. The van der Waals surface area contributed by atoms with Crippen molar-refractivity contribution in [2.45, 2.75) is 12.0 Å². The van der Waals surface area contributed by atoms with E-state index in [1.807, 2.05) is 72.8 Å². The van der Waals surface area contributed by atoms with Crippen LogP contribution in [0.5, 0.6) is 17.2 Å². The van der Waals surface area contributed by atoms with Crippen molar-refractivity contribution in [1.82, 2.24) is 5.32 Å². The molecule has 4 rings (SSSR count). The van der Waals surface area contributed by atoms with Crippen LogP contribution in [0.4, 0.5) is 0 Å². The largest absolute Gasteiger partial charge is 0.496 e. The number of ether oxygens (including phenoxy) is 3. The topological polar surface area (TPSA) is 56.8 Å². The third-order valence-corrected chi connectivity index (χ3v) is 5.17. The number of benzene rings is 3. The molecular formula is C24H23NO4. The number of carbonyl (C=O) groups excluding carboxylic acids is 1. The molecule has 0 saturated heterocycles. The van der Waals surface area contributed by atoms with Gasteiger partial charge in [-0.15, -0.1) is 0 Å². The average molecular weight is 389 g/mol. The molecule has 5 heteroatoms. The molecule has 3 aromatic carbocycles. The molecule has 1 atom stereocenters. The molecule has 1 heterocycles. The number of methoxy groups -OCH3 is 2. The van der Waals surface area contributed by atoms with E-state index >= 15 is 0 Å². The molecule has 1 N–H and O–H groups in total. The first-order valence-corrected chi connectivity index (χ1v) is 9.52. The fourth-order valence-corrected chi connectivity index (χ4v) is 3.74. The second kappa shape index (κ2) is 8.37. The standard InChI is InChI=1S/C24H23NO4/c1-27-19-12-6-3-9-16(19)22(28-2)15-25-24(26)23-17-10-4-7-13-20(17)29-21-14-8-5-11-18(21)23/h3-14,22-23H,15H2,1-2H3,(H,25,26)/t22-/m1/s1. The van der Waals surface area contributed by atoms with Gasteiger partial charge in [0.25, 0.3) is 0 Å². The zero-order chi connectivity index (χ0) is 20.2. The maximum absolute atomic E-state index is 13.3. The van der Waals surface area contributed by atoms with Crippen molar-refractivity contribution in [2.75, 3.05) is 20.8 Å². The highest BCUT2D eigenvalue weighted by Gasteiger charge is 2.32. The van der Waals surface area contributed by atoms with Crippen LogP contribution in [0.1, 0.15) is 28.7 Å². The van der Waals surface area contributed by atoms with Crippen molar-refractivity contribution in [1.29, 1.82) is 0 Å². The first-order chi connectivity index (χ1) is 14.2. The summed E-state index contributed by atoms with van der Waals surface area (Å²) in [6.45, 7) is 0.331. The van der Waals surface area contributed by atoms with Crippen molar-refractivity contribution < 1.29 is 19.0 Å². The third-order valence-electron chi connectivity index (χ3n) is 5.17. The monoisotopic (exact) mass is 389 g/mol. The summed E-state index contributed by atoms with van der Waals surface area (Å²) < 4.78 is 17.1. The van der Waals surface area contributed by atoms with E-state index in [1.165, 1.54) is 0 Å². The van der Waals surface area contributed by atoms with Gasteiger partial charge in [-0.25, -0.2) is 0 Å². The summed E-state index contributed by atoms with van der Waals surface area (Å²) in [6, 6.07) is 23.0. The number of para-hydroxylation sites is 3. The molecule has 1 amide bonds. The van der Waals surface area contributed by atoms with Crippen LogP contribution in [0.15, 0.2) is 72.8 Å². The predicted octanol–water partition coefficient (Wildman–Crippen LogP) is 4.44. The highest BCUT2D eigenvalue weighted by Crippen LogP contribution is 2.43. The molecule has 0 aromatic heterocycles. The molecule has 3 aromatic rings. The molecule has 29 heavy (non-hydrogen) atoms. The lowest BCUT2D eigenvalue weighted by Gasteiger charge is -2.28. The van der Waals surface area contributed by atoms with Gasteiger partial charge < -0.3 is 19.5 Å². The molecule has 1 aliphatic heterocycles. The van der Waals surface area contributed by atoms with Gasteiger partial charge >= 0.3 is 0 Å². The van der Waals surface area contributed by atoms with Crippen LogP contribution in [0.25, 0.3) is 0 Å². The van der Waals surface area contributed by atoms with Gasteiger partial charge in [-0.3, -0.25) is 4.79 Å². The lowest BCUT2D eigenvalue weighted by atomic mass is 9.87. The Bertz CT molecular complexity index is 972. The van der Waals surface area contributed by atoms with Crippen LogP contribution < -0.4 is 14.8 Å². The minimum Gasteiger partial charge on any atom is -0.496 e. The van der Waals surface area contributed by atoms with Gasteiger partial charge in [0.05, 0.1) is 13.0 Å². The summed E-state index contributed by atoms with van der Waals surface area (Å²) in [7, 11) is 3.25. The van der Waals surface area contributed by atoms with Crippen molar-refractivity contribution in [2.24, 2.45) is 0 Å². The molecule has 148 valence electrons. The van der Waals surface area contributed by atoms with Gasteiger partial charge in [-0.05, 0) is 18.2 Å². The predicted molar refractivity (Wildman–Crippen MR) is 111 cm³/mol. The Morgan fingerprint density at radius 1 is 0.931 bits per heavy atom. The molecule has 0 bridgehead atoms. The zero-order valence-electron chi connectivity index (χ0n) is 16.4. The second-order valence-electron chi connectivity index (χ2n) is 6.82. The van der Waals surface area contributed by atoms with Crippen LogP contribution in [0.2, 0.25) is 0 Å². The first-order valence-electron chi connectivity index (χ1n) is 9.52. The van der Waals surface area contributed by atoms with Crippen molar-refractivity contribution >= 4 is 5.91 Å². The van der Waals surface area contributed by atoms with Gasteiger partial charge in [-0.1, -0.05) is 54.6 Å². The van der Waals surface area contributed by atoms with E-state index in [9.17, 15) is 4.79 Å². The highest BCUT2D eigenvalue weighted by atomic mass is 16.5. The van der Waals surface area contributed by atoms with Crippen molar-refractivity contribution in [3.8, 4) is 17.2 Å². The summed E-state index contributed by atoms with van der Waals surface area (Å²) in [4.78, 5) is 13.3. The van der Waals surface area contributed by atoms with E-state index in [-0.39, 0.29) is 12.0 Å². The summed E-state index contributed by atoms with van der Waals surface area (Å²) in [6.07, 6.45) is -0.319. The molecule has 0 saturated carbocycles. The molecule has 0 spiro atoms. The van der Waals surface area contributed by atoms with E-state index < -0.39 is 5.92 Å². The highest BCUT2D eigenvalue weighted by molar-refractivity contribution is 5.89. The van der Waals surface area contributed by atoms with Crippen LogP contribution in [0.3, 0.4) is 0 Å². The number of hydrogen-bond acceptors (Lipinski definition) is 4. The van der Waals surface area contributed by atoms with E-state index in [1.54, 1.807) is 14.2 Å². The van der Waals surface area contributed by atoms with Crippen LogP contribution >= 0.6 is 0 Å². The number of hydrogen-bond donors (Lipinski definition) is 1. The van der Waals surface area contributed by atoms with Gasteiger partial charge in [-0.2, -0.15) is 0 Å². The van der Waals surface area contributed by atoms with Gasteiger partial charge in [0.2, 0.25) is 5.91 Å². The Hall–Kier alpha value is -3.31. The minimum absolute atomic E-state index is 0.0925. The van der Waals surface area contributed by atoms with E-state index in [0.29, 0.717) is 18.0 Å². The van der Waals surface area contributed by atoms with Gasteiger partial charge in [0, 0.05) is 30.3 Å². The second-order valence-corrected chi connectivity index (χ2v) is 6.82. The molecule has 0 fully saturated rings. The SMILES string of the molecule is COc1ccccc1[C@@H](CNC(=O)C1c2ccccc2Oc2ccccc21)OC. The van der Waals surface area contributed by atoms with Crippen LogP contribution in [-0.2, 0) is 9.53 Å². The molecular weight excluding hydrogens is 366 g/mol. The Labute approximate surface area is 170 Å². The van der Waals surface area contributed by atoms with Crippen LogP contribution in [-0.4, -0.2) is 26.7 Å². The fraction of sp³-hybridized carbons (Fsp3) is 0.208. The summed E-state index contributed by atoms with van der Waals surface area (Å²) in [5.41, 5.74) is 2.61. The number of nitrogens with one attached hydrogen (secondary N) is 1. The number of carbonyl (C=O) groups is 1. The Kier molecular flexibility index (Phi) is 5.49. The molecule has 1 aliphatic rings. The third kappa shape index (κ3) is 3.69. The normalized spacial score (nSPS) is 13.6. The number of amides is 1. The van der Waals surface area contributed by atoms with Crippen molar-refractivity contribution in [3.05, 3.63) is 89.5 Å². The van der Waals surface area contributed by atoms with Gasteiger partial charge in [0.1, 0.15) is 23.4 Å². The average Bonchev–Trinajstić information content (AvgIpc) is 2.78. The maximum Gasteiger partial charge on any atom is 0.232 e. The quantitative estimate of drug-likeness (QED) is 0.677. The lowest BCUT2D eigenvalue weighted by Crippen LogP contribution is -2.35. The number of fused-ring (bicyclic) bond motifs is 2. The molecule has 0 radical (unpaired) electrons. The van der Waals surface area contributed by atoms with Crippen LogP contribution in [0, 0.1) is 0 Å². The van der Waals surface area contributed by atoms with E-state index in [4.69, 9.17) is 14.2 Å². The molecule has 0 unspecified atom stereocenters. The smallest absolute Gasteiger partial charge is 0.232 e. The zero-order valence-corrected chi connectivity index (χ0v) is 16.4. The maximum atomic E-state index is 13.3. The Morgan fingerprint density at radius 2 is 1.52 bits per heavy atom.